The first-order valence-electron chi connectivity index (χ1n) is 10.4. The van der Waals surface area contributed by atoms with E-state index in [9.17, 15) is 4.79 Å². The number of benzene rings is 1. The third-order valence-electron chi connectivity index (χ3n) is 6.54. The first-order valence-corrected chi connectivity index (χ1v) is 10.4. The number of fused-ring (bicyclic) bond motifs is 1. The van der Waals surface area contributed by atoms with Gasteiger partial charge in [-0.15, -0.1) is 0 Å². The largest absolute Gasteiger partial charge is 0.494 e. The summed E-state index contributed by atoms with van der Waals surface area (Å²) in [5, 5.41) is 0. The molecule has 3 fully saturated rings. The molecule has 8 heteroatoms. The summed E-state index contributed by atoms with van der Waals surface area (Å²) in [6, 6.07) is 6.26. The second kappa shape index (κ2) is 7.58. The van der Waals surface area contributed by atoms with Gasteiger partial charge in [-0.25, -0.2) is 0 Å². The lowest BCUT2D eigenvalue weighted by Gasteiger charge is -2.44. The van der Waals surface area contributed by atoms with Crippen LogP contribution < -0.4 is 15.1 Å². The van der Waals surface area contributed by atoms with E-state index in [1.807, 2.05) is 45.9 Å². The molecule has 1 aromatic carbocycles. The van der Waals surface area contributed by atoms with Crippen molar-refractivity contribution in [3.8, 4) is 5.75 Å². The average Bonchev–Trinajstić information content (AvgIpc) is 2.88. The van der Waals surface area contributed by atoms with Crippen LogP contribution in [-0.4, -0.2) is 74.6 Å². The van der Waals surface area contributed by atoms with Crippen molar-refractivity contribution in [2.45, 2.75) is 51.9 Å². The van der Waals surface area contributed by atoms with Crippen molar-refractivity contribution in [1.29, 1.82) is 0 Å². The molecule has 3 heterocycles. The van der Waals surface area contributed by atoms with Gasteiger partial charge in [-0.05, 0) is 45.3 Å². The highest BCUT2D eigenvalue weighted by atomic mass is 16.7. The van der Waals surface area contributed by atoms with Gasteiger partial charge < -0.3 is 23.7 Å². The van der Waals surface area contributed by atoms with Crippen LogP contribution in [0, 0.1) is 0 Å². The van der Waals surface area contributed by atoms with Crippen molar-refractivity contribution in [2.24, 2.45) is 0 Å². The molecule has 7 nitrogen and oxygen atoms in total. The fourth-order valence-electron chi connectivity index (χ4n) is 4.12. The van der Waals surface area contributed by atoms with E-state index in [1.54, 1.807) is 0 Å². The number of rotatable bonds is 3. The molecule has 1 aromatic rings. The Morgan fingerprint density at radius 3 is 2.55 bits per heavy atom. The van der Waals surface area contributed by atoms with E-state index in [1.165, 1.54) is 6.92 Å². The number of nitrogens with zero attached hydrogens (tertiary/aromatic N) is 2. The lowest BCUT2D eigenvalue weighted by Crippen LogP contribution is -2.58. The SMILES string of the molecule is CC(=O)Oc1cc(B2OC(C)(C)C(C)(C)O2)ccc1N1CCN2CCOC[C@H]2C1. The van der Waals surface area contributed by atoms with Crippen molar-refractivity contribution in [1.82, 2.24) is 4.90 Å². The molecular weight excluding hydrogens is 371 g/mol. The van der Waals surface area contributed by atoms with E-state index in [0.29, 0.717) is 11.8 Å². The monoisotopic (exact) mass is 402 g/mol. The third kappa shape index (κ3) is 4.03. The highest BCUT2D eigenvalue weighted by Gasteiger charge is 2.51. The standard InChI is InChI=1S/C21H31BN2O5/c1-15(25)27-19-12-16(22-28-20(2,3)21(4,5)29-22)6-7-18(19)24-9-8-23-10-11-26-14-17(23)13-24/h6-7,12,17H,8-11,13-14H2,1-5H3/t17-/m1/s1. The highest BCUT2D eigenvalue weighted by Crippen LogP contribution is 2.37. The van der Waals surface area contributed by atoms with Crippen molar-refractivity contribution in [3.05, 3.63) is 18.2 Å². The molecule has 0 bridgehead atoms. The van der Waals surface area contributed by atoms with E-state index in [4.69, 9.17) is 18.8 Å². The maximum atomic E-state index is 11.8. The van der Waals surface area contributed by atoms with Crippen molar-refractivity contribution < 1.29 is 23.6 Å². The zero-order valence-electron chi connectivity index (χ0n) is 18.1. The zero-order valence-corrected chi connectivity index (χ0v) is 18.1. The molecule has 158 valence electrons. The van der Waals surface area contributed by atoms with Gasteiger partial charge in [-0.2, -0.15) is 0 Å². The van der Waals surface area contributed by atoms with Crippen LogP contribution >= 0.6 is 0 Å². The van der Waals surface area contributed by atoms with Crippen LogP contribution in [0.3, 0.4) is 0 Å². The van der Waals surface area contributed by atoms with E-state index < -0.39 is 18.3 Å². The maximum Gasteiger partial charge on any atom is 0.494 e. The molecule has 0 aliphatic carbocycles. The number of hydrogen-bond donors (Lipinski definition) is 0. The summed E-state index contributed by atoms with van der Waals surface area (Å²) < 4.78 is 23.6. The summed E-state index contributed by atoms with van der Waals surface area (Å²) in [5.74, 6) is 0.215. The summed E-state index contributed by atoms with van der Waals surface area (Å²) >= 11 is 0. The molecule has 3 aliphatic heterocycles. The molecule has 0 radical (unpaired) electrons. The van der Waals surface area contributed by atoms with Gasteiger partial charge in [0, 0.05) is 33.1 Å². The first-order chi connectivity index (χ1) is 13.7. The third-order valence-corrected chi connectivity index (χ3v) is 6.54. The summed E-state index contributed by atoms with van der Waals surface area (Å²) in [5.41, 5.74) is 0.929. The number of carbonyl (C=O) groups excluding carboxylic acids is 1. The van der Waals surface area contributed by atoms with Crippen LogP contribution in [0.25, 0.3) is 0 Å². The molecule has 3 aliphatic rings. The summed E-state index contributed by atoms with van der Waals surface area (Å²) in [6.45, 7) is 14.8. The Kier molecular flexibility index (Phi) is 5.40. The van der Waals surface area contributed by atoms with E-state index >= 15 is 0 Å². The zero-order chi connectivity index (χ0) is 20.8. The predicted octanol–water partition coefficient (Wildman–Crippen LogP) is 1.43. The number of carbonyl (C=O) groups is 1. The maximum absolute atomic E-state index is 11.8. The Bertz CT molecular complexity index is 768. The fourth-order valence-corrected chi connectivity index (χ4v) is 4.12. The van der Waals surface area contributed by atoms with Crippen molar-refractivity contribution in [3.63, 3.8) is 0 Å². The number of anilines is 1. The molecule has 1 atom stereocenters. The van der Waals surface area contributed by atoms with Crippen molar-refractivity contribution >= 4 is 24.2 Å². The molecule has 3 saturated heterocycles. The Labute approximate surface area is 173 Å². The lowest BCUT2D eigenvalue weighted by molar-refractivity contribution is -0.131. The van der Waals surface area contributed by atoms with Gasteiger partial charge in [-0.1, -0.05) is 6.07 Å². The number of hydrogen-bond acceptors (Lipinski definition) is 7. The Hall–Kier alpha value is -1.61. The predicted molar refractivity (Wildman–Crippen MR) is 112 cm³/mol. The first kappa shape index (κ1) is 20.7. The van der Waals surface area contributed by atoms with Gasteiger partial charge in [0.1, 0.15) is 0 Å². The van der Waals surface area contributed by atoms with Gasteiger partial charge in [0.05, 0.1) is 36.1 Å². The van der Waals surface area contributed by atoms with E-state index in [0.717, 1.165) is 50.5 Å². The molecule has 0 aromatic heterocycles. The van der Waals surface area contributed by atoms with Crippen LogP contribution in [0.1, 0.15) is 34.6 Å². The van der Waals surface area contributed by atoms with Gasteiger partial charge in [-0.3, -0.25) is 9.69 Å². The van der Waals surface area contributed by atoms with Gasteiger partial charge in [0.25, 0.3) is 0 Å². The Morgan fingerprint density at radius 1 is 1.14 bits per heavy atom. The number of morpholine rings is 1. The van der Waals surface area contributed by atoms with E-state index in [2.05, 4.69) is 9.80 Å². The molecule has 4 rings (SSSR count). The van der Waals surface area contributed by atoms with Crippen molar-refractivity contribution in [2.75, 3.05) is 44.3 Å². The minimum Gasteiger partial charge on any atom is -0.425 e. The molecule has 0 spiro atoms. The number of ether oxygens (including phenoxy) is 2. The minimum absolute atomic E-state index is 0.336. The second-order valence-electron chi connectivity index (χ2n) is 9.12. The minimum atomic E-state index is -0.494. The summed E-state index contributed by atoms with van der Waals surface area (Å²) in [6.07, 6.45) is 0. The van der Waals surface area contributed by atoms with Crippen LogP contribution in [-0.2, 0) is 18.8 Å². The molecule has 0 unspecified atom stereocenters. The molecule has 0 saturated carbocycles. The summed E-state index contributed by atoms with van der Waals surface area (Å²) in [7, 11) is -0.494. The highest BCUT2D eigenvalue weighted by molar-refractivity contribution is 6.62. The molecule has 29 heavy (non-hydrogen) atoms. The summed E-state index contributed by atoms with van der Waals surface area (Å²) in [4.78, 5) is 16.5. The quantitative estimate of drug-likeness (QED) is 0.431. The van der Waals surface area contributed by atoms with Crippen LogP contribution in [0.5, 0.6) is 5.75 Å². The second-order valence-corrected chi connectivity index (χ2v) is 9.12. The van der Waals surface area contributed by atoms with Crippen LogP contribution in [0.15, 0.2) is 18.2 Å². The Balaban J connectivity index is 1.59. The fraction of sp³-hybridized carbons (Fsp3) is 0.667. The van der Waals surface area contributed by atoms with Gasteiger partial charge in [0.2, 0.25) is 0 Å². The smallest absolute Gasteiger partial charge is 0.425 e. The normalized spacial score (nSPS) is 26.3. The van der Waals surface area contributed by atoms with Crippen LogP contribution in [0.2, 0.25) is 0 Å². The molecule has 0 amide bonds. The Morgan fingerprint density at radius 2 is 1.86 bits per heavy atom. The topological polar surface area (TPSA) is 60.5 Å². The number of piperazine rings is 1. The van der Waals surface area contributed by atoms with E-state index in [-0.39, 0.29) is 5.97 Å². The number of esters is 1. The van der Waals surface area contributed by atoms with Gasteiger partial charge in [0.15, 0.2) is 5.75 Å². The average molecular weight is 402 g/mol. The molecule has 0 N–H and O–H groups in total. The van der Waals surface area contributed by atoms with Gasteiger partial charge >= 0.3 is 13.1 Å². The molecular formula is C21H31BN2O5. The van der Waals surface area contributed by atoms with Crippen LogP contribution in [0.4, 0.5) is 5.69 Å². The lowest BCUT2D eigenvalue weighted by atomic mass is 9.79.